The van der Waals surface area contributed by atoms with Gasteiger partial charge in [-0.05, 0) is 27.9 Å². The Balaban J connectivity index is 2.61. The number of nitrogens with zero attached hydrogens (tertiary/aromatic N) is 3. The van der Waals surface area contributed by atoms with Crippen molar-refractivity contribution < 1.29 is 0 Å². The van der Waals surface area contributed by atoms with Gasteiger partial charge in [0.25, 0.3) is 0 Å². The maximum atomic E-state index is 5.24. The lowest BCUT2D eigenvalue weighted by molar-refractivity contribution is 0.764. The molecule has 0 saturated carbocycles. The first-order valence-electron chi connectivity index (χ1n) is 5.28. The molecule has 0 aliphatic heterocycles. The second kappa shape index (κ2) is 4.70. The van der Waals surface area contributed by atoms with Gasteiger partial charge in [-0.2, -0.15) is 5.10 Å². The van der Waals surface area contributed by atoms with Gasteiger partial charge in [-0.1, -0.05) is 26.1 Å². The minimum Gasteiger partial charge on any atom is -0.340 e. The molecule has 90 valence electrons. The maximum Gasteiger partial charge on any atom is 0.159 e. The molecule has 1 N–H and O–H groups in total. The van der Waals surface area contributed by atoms with E-state index in [0.717, 1.165) is 15.9 Å². The first-order chi connectivity index (χ1) is 7.99. The monoisotopic (exact) mass is 312 g/mol. The van der Waals surface area contributed by atoms with Gasteiger partial charge < -0.3 is 4.98 Å². The normalized spacial score (nSPS) is 11.1. The van der Waals surface area contributed by atoms with Crippen molar-refractivity contribution in [1.29, 1.82) is 0 Å². The molecule has 2 aromatic rings. The Hall–Kier alpha value is -1.01. The molecular weight excluding hydrogens is 300 g/mol. The zero-order valence-corrected chi connectivity index (χ0v) is 12.3. The smallest absolute Gasteiger partial charge is 0.159 e. The van der Waals surface area contributed by atoms with E-state index in [-0.39, 0.29) is 0 Å². The molecule has 0 unspecified atom stereocenters. The number of hydrogen-bond acceptors (Lipinski definition) is 3. The van der Waals surface area contributed by atoms with Crippen LogP contribution in [0.1, 0.15) is 25.5 Å². The van der Waals surface area contributed by atoms with Crippen LogP contribution in [0.25, 0.3) is 11.5 Å². The fraction of sp³-hybridized carbons (Fsp3) is 0.364. The third-order valence-corrected chi connectivity index (χ3v) is 3.78. The van der Waals surface area contributed by atoms with Crippen LogP contribution >= 0.6 is 28.1 Å². The first-order valence-corrected chi connectivity index (χ1v) is 6.49. The molecule has 0 radical (unpaired) electrons. The van der Waals surface area contributed by atoms with Crippen molar-refractivity contribution >= 4 is 28.1 Å². The van der Waals surface area contributed by atoms with Crippen molar-refractivity contribution in [1.82, 2.24) is 19.7 Å². The Morgan fingerprint density at radius 3 is 2.71 bits per heavy atom. The summed E-state index contributed by atoms with van der Waals surface area (Å²) < 4.78 is 3.17. The van der Waals surface area contributed by atoms with Gasteiger partial charge in [0.2, 0.25) is 0 Å². The Morgan fingerprint density at radius 1 is 1.47 bits per heavy atom. The molecule has 0 bridgehead atoms. The lowest BCUT2D eigenvalue weighted by atomic mass is 10.1. The molecule has 0 fully saturated rings. The second-order valence-electron chi connectivity index (χ2n) is 4.15. The summed E-state index contributed by atoms with van der Waals surface area (Å²) in [7, 11) is 1.88. The summed E-state index contributed by atoms with van der Waals surface area (Å²) in [5, 5.41) is 4.31. The molecule has 0 aromatic carbocycles. The van der Waals surface area contributed by atoms with E-state index in [4.69, 9.17) is 12.2 Å². The van der Waals surface area contributed by atoms with Gasteiger partial charge in [-0.15, -0.1) is 0 Å². The Morgan fingerprint density at radius 2 is 2.18 bits per heavy atom. The van der Waals surface area contributed by atoms with Crippen molar-refractivity contribution in [3.63, 3.8) is 0 Å². The fourth-order valence-electron chi connectivity index (χ4n) is 1.54. The van der Waals surface area contributed by atoms with Gasteiger partial charge in [0, 0.05) is 18.9 Å². The summed E-state index contributed by atoms with van der Waals surface area (Å²) in [5.41, 5.74) is 1.85. The standard InChI is InChI=1S/C11H13BrN4S/c1-6(2)9-8(12)11(17)14-10(13-9)7-4-5-16(3)15-7/h4-6H,1-3H3,(H,13,14,17). The number of aromatic nitrogens is 4. The Kier molecular flexibility index (Phi) is 3.44. The zero-order chi connectivity index (χ0) is 12.6. The lowest BCUT2D eigenvalue weighted by Gasteiger charge is -2.10. The molecule has 4 nitrogen and oxygen atoms in total. The van der Waals surface area contributed by atoms with E-state index in [2.05, 4.69) is 44.8 Å². The zero-order valence-electron chi connectivity index (χ0n) is 9.86. The van der Waals surface area contributed by atoms with Gasteiger partial charge in [-0.3, -0.25) is 4.68 Å². The van der Waals surface area contributed by atoms with Crippen LogP contribution in [0.2, 0.25) is 0 Å². The minimum absolute atomic E-state index is 0.344. The van der Waals surface area contributed by atoms with Crippen molar-refractivity contribution in [3.8, 4) is 11.5 Å². The summed E-state index contributed by atoms with van der Waals surface area (Å²) in [6.45, 7) is 4.21. The van der Waals surface area contributed by atoms with Crippen LogP contribution in [0.5, 0.6) is 0 Å². The van der Waals surface area contributed by atoms with E-state index in [0.29, 0.717) is 16.4 Å². The van der Waals surface area contributed by atoms with Crippen molar-refractivity contribution in [2.75, 3.05) is 0 Å². The number of H-pyrrole nitrogens is 1. The average molecular weight is 313 g/mol. The summed E-state index contributed by atoms with van der Waals surface area (Å²) >= 11 is 8.71. The number of halogens is 1. The van der Waals surface area contributed by atoms with E-state index in [1.165, 1.54) is 0 Å². The predicted octanol–water partition coefficient (Wildman–Crippen LogP) is 3.43. The summed E-state index contributed by atoms with van der Waals surface area (Å²) in [5.74, 6) is 1.05. The highest BCUT2D eigenvalue weighted by molar-refractivity contribution is 9.10. The van der Waals surface area contributed by atoms with E-state index >= 15 is 0 Å². The molecule has 0 atom stereocenters. The van der Waals surface area contributed by atoms with Gasteiger partial charge in [0.1, 0.15) is 10.3 Å². The van der Waals surface area contributed by atoms with Crippen LogP contribution in [0, 0.1) is 4.64 Å². The molecule has 2 aromatic heterocycles. The molecule has 0 aliphatic carbocycles. The molecule has 0 aliphatic rings. The summed E-state index contributed by atoms with van der Waals surface area (Å²) in [6, 6.07) is 1.91. The highest BCUT2D eigenvalue weighted by Gasteiger charge is 2.12. The van der Waals surface area contributed by atoms with E-state index in [9.17, 15) is 0 Å². The molecule has 0 saturated heterocycles. The number of aryl methyl sites for hydroxylation is 1. The third-order valence-electron chi connectivity index (χ3n) is 2.42. The Bertz CT molecular complexity index is 600. The molecular formula is C11H13BrN4S. The molecule has 0 amide bonds. The van der Waals surface area contributed by atoms with Crippen LogP contribution in [0.3, 0.4) is 0 Å². The number of nitrogens with one attached hydrogen (secondary N) is 1. The quantitative estimate of drug-likeness (QED) is 0.864. The van der Waals surface area contributed by atoms with E-state index < -0.39 is 0 Å². The molecule has 17 heavy (non-hydrogen) atoms. The average Bonchev–Trinajstić information content (AvgIpc) is 2.68. The van der Waals surface area contributed by atoms with Crippen LogP contribution < -0.4 is 0 Å². The maximum absolute atomic E-state index is 5.24. The van der Waals surface area contributed by atoms with Crippen LogP contribution in [0.4, 0.5) is 0 Å². The first kappa shape index (κ1) is 12.4. The topological polar surface area (TPSA) is 46.5 Å². The van der Waals surface area contributed by atoms with Crippen LogP contribution in [-0.4, -0.2) is 19.7 Å². The van der Waals surface area contributed by atoms with Crippen LogP contribution in [0.15, 0.2) is 16.7 Å². The second-order valence-corrected chi connectivity index (χ2v) is 5.33. The largest absolute Gasteiger partial charge is 0.340 e. The number of aromatic amines is 1. The van der Waals surface area contributed by atoms with Gasteiger partial charge in [0.15, 0.2) is 5.82 Å². The third kappa shape index (κ3) is 2.47. The summed E-state index contributed by atoms with van der Waals surface area (Å²) in [4.78, 5) is 7.62. The van der Waals surface area contributed by atoms with Gasteiger partial charge >= 0.3 is 0 Å². The predicted molar refractivity (Wildman–Crippen MR) is 73.4 cm³/mol. The van der Waals surface area contributed by atoms with E-state index in [1.807, 2.05) is 19.3 Å². The SMILES string of the molecule is CC(C)c1[nH]c(-c2ccn(C)n2)nc(=S)c1Br. The van der Waals surface area contributed by atoms with Crippen LogP contribution in [-0.2, 0) is 7.05 Å². The van der Waals surface area contributed by atoms with Gasteiger partial charge in [0.05, 0.1) is 4.47 Å². The van der Waals surface area contributed by atoms with Crippen molar-refractivity contribution in [2.45, 2.75) is 19.8 Å². The molecule has 6 heteroatoms. The fourth-order valence-corrected chi connectivity index (χ4v) is 2.38. The van der Waals surface area contributed by atoms with Crippen molar-refractivity contribution in [3.05, 3.63) is 27.1 Å². The Labute approximate surface area is 113 Å². The molecule has 2 heterocycles. The highest BCUT2D eigenvalue weighted by atomic mass is 79.9. The number of hydrogen-bond donors (Lipinski definition) is 1. The van der Waals surface area contributed by atoms with E-state index in [1.54, 1.807) is 4.68 Å². The molecule has 0 spiro atoms. The number of rotatable bonds is 2. The minimum atomic E-state index is 0.344. The summed E-state index contributed by atoms with van der Waals surface area (Å²) in [6.07, 6.45) is 1.88. The molecule has 2 rings (SSSR count). The highest BCUT2D eigenvalue weighted by Crippen LogP contribution is 2.25. The van der Waals surface area contributed by atoms with Gasteiger partial charge in [-0.25, -0.2) is 4.98 Å². The van der Waals surface area contributed by atoms with Crippen molar-refractivity contribution in [2.24, 2.45) is 7.05 Å². The lowest BCUT2D eigenvalue weighted by Crippen LogP contribution is -2.01.